The minimum Gasteiger partial charge on any atom is -0.349 e. The van der Waals surface area contributed by atoms with Crippen LogP contribution in [0.1, 0.15) is 45.7 Å². The van der Waals surface area contributed by atoms with Crippen molar-refractivity contribution in [3.63, 3.8) is 0 Å². The Balaban J connectivity index is 0.00000196. The van der Waals surface area contributed by atoms with Gasteiger partial charge in [0, 0.05) is 18.1 Å². The van der Waals surface area contributed by atoms with Gasteiger partial charge in [-0.1, -0.05) is 18.2 Å². The number of thiophene rings is 1. The van der Waals surface area contributed by atoms with E-state index in [2.05, 4.69) is 16.0 Å². The number of piperidine rings is 1. The Morgan fingerprint density at radius 2 is 1.73 bits per heavy atom. The Labute approximate surface area is 163 Å². The summed E-state index contributed by atoms with van der Waals surface area (Å²) < 4.78 is 0. The number of para-hydroxylation sites is 1. The van der Waals surface area contributed by atoms with Crippen molar-refractivity contribution in [3.05, 3.63) is 52.2 Å². The zero-order valence-electron chi connectivity index (χ0n) is 14.2. The number of nitrogens with one attached hydrogen (secondary N) is 3. The molecular formula is C19H22ClN3O2S. The molecule has 4 rings (SSSR count). The Morgan fingerprint density at radius 3 is 2.42 bits per heavy atom. The molecule has 2 fully saturated rings. The lowest BCUT2D eigenvalue weighted by Crippen LogP contribution is -2.48. The van der Waals surface area contributed by atoms with Gasteiger partial charge in [0.05, 0.1) is 16.1 Å². The Hall–Kier alpha value is -1.89. The highest BCUT2D eigenvalue weighted by molar-refractivity contribution is 7.12. The molecule has 0 aliphatic carbocycles. The van der Waals surface area contributed by atoms with Crippen LogP contribution < -0.4 is 16.0 Å². The van der Waals surface area contributed by atoms with Gasteiger partial charge in [-0.05, 0) is 49.3 Å². The van der Waals surface area contributed by atoms with Crippen molar-refractivity contribution in [2.45, 2.75) is 43.8 Å². The quantitative estimate of drug-likeness (QED) is 0.747. The average Bonchev–Trinajstić information content (AvgIpc) is 3.25. The summed E-state index contributed by atoms with van der Waals surface area (Å²) in [5.41, 5.74) is 1.06. The molecule has 1 aromatic heterocycles. The van der Waals surface area contributed by atoms with Crippen molar-refractivity contribution in [1.82, 2.24) is 10.6 Å². The highest BCUT2D eigenvalue weighted by atomic mass is 35.5. The summed E-state index contributed by atoms with van der Waals surface area (Å²) in [4.78, 5) is 25.7. The molecule has 2 amide bonds. The Bertz CT molecular complexity index is 769. The number of carbonyl (C=O) groups is 2. The van der Waals surface area contributed by atoms with Gasteiger partial charge in [0.1, 0.15) is 0 Å². The van der Waals surface area contributed by atoms with E-state index in [9.17, 15) is 9.59 Å². The molecule has 2 saturated heterocycles. The first kappa shape index (κ1) is 18.9. The molecule has 2 aliphatic rings. The maximum absolute atomic E-state index is 12.8. The minimum absolute atomic E-state index is 0. The van der Waals surface area contributed by atoms with E-state index in [1.165, 1.54) is 24.2 Å². The minimum atomic E-state index is -0.185. The third-order valence-electron chi connectivity index (χ3n) is 4.97. The van der Waals surface area contributed by atoms with Crippen molar-refractivity contribution < 1.29 is 9.59 Å². The summed E-state index contributed by atoms with van der Waals surface area (Å²) in [6.07, 6.45) is 4.35. The van der Waals surface area contributed by atoms with E-state index in [0.717, 1.165) is 12.8 Å². The molecule has 2 bridgehead atoms. The van der Waals surface area contributed by atoms with Crippen molar-refractivity contribution >= 4 is 41.2 Å². The summed E-state index contributed by atoms with van der Waals surface area (Å²) in [6.45, 7) is 0. The normalized spacial score (nSPS) is 23.8. The zero-order chi connectivity index (χ0) is 17.2. The Kier molecular flexibility index (Phi) is 5.96. The summed E-state index contributed by atoms with van der Waals surface area (Å²) in [5.74, 6) is -0.302. The molecule has 2 atom stereocenters. The first-order chi connectivity index (χ1) is 12.2. The van der Waals surface area contributed by atoms with Crippen LogP contribution in [0.25, 0.3) is 0 Å². The van der Waals surface area contributed by atoms with Crippen LogP contribution in [0.3, 0.4) is 0 Å². The van der Waals surface area contributed by atoms with Gasteiger partial charge in [0.2, 0.25) is 0 Å². The van der Waals surface area contributed by atoms with E-state index < -0.39 is 0 Å². The summed E-state index contributed by atoms with van der Waals surface area (Å²) in [5, 5.41) is 11.5. The second-order valence-electron chi connectivity index (χ2n) is 6.76. The van der Waals surface area contributed by atoms with Gasteiger partial charge < -0.3 is 16.0 Å². The van der Waals surface area contributed by atoms with Crippen LogP contribution in [-0.2, 0) is 0 Å². The van der Waals surface area contributed by atoms with E-state index >= 15 is 0 Å². The van der Waals surface area contributed by atoms with Crippen LogP contribution in [0.5, 0.6) is 0 Å². The summed E-state index contributed by atoms with van der Waals surface area (Å²) >= 11 is 1.38. The predicted octanol–water partition coefficient (Wildman–Crippen LogP) is 3.44. The third kappa shape index (κ3) is 4.09. The molecule has 5 nitrogen and oxygen atoms in total. The highest BCUT2D eigenvalue weighted by Gasteiger charge is 2.34. The number of carbonyl (C=O) groups excluding carboxylic acids is 2. The monoisotopic (exact) mass is 391 g/mol. The highest BCUT2D eigenvalue weighted by Crippen LogP contribution is 2.27. The molecule has 0 radical (unpaired) electrons. The van der Waals surface area contributed by atoms with Gasteiger partial charge in [-0.15, -0.1) is 23.7 Å². The van der Waals surface area contributed by atoms with E-state index in [-0.39, 0.29) is 30.3 Å². The van der Waals surface area contributed by atoms with Gasteiger partial charge in [0.25, 0.3) is 11.8 Å². The fourth-order valence-electron chi connectivity index (χ4n) is 3.82. The fourth-order valence-corrected chi connectivity index (χ4v) is 4.44. The molecular weight excluding hydrogens is 370 g/mol. The first-order valence-corrected chi connectivity index (χ1v) is 9.58. The molecule has 2 aliphatic heterocycles. The maximum Gasteiger partial charge on any atom is 0.265 e. The molecule has 2 unspecified atom stereocenters. The zero-order valence-corrected chi connectivity index (χ0v) is 15.9. The van der Waals surface area contributed by atoms with Crippen LogP contribution in [-0.4, -0.2) is 29.9 Å². The average molecular weight is 392 g/mol. The van der Waals surface area contributed by atoms with Crippen LogP contribution >= 0.6 is 23.7 Å². The molecule has 7 heteroatoms. The summed E-state index contributed by atoms with van der Waals surface area (Å²) in [7, 11) is 0. The van der Waals surface area contributed by atoms with Crippen molar-refractivity contribution in [1.29, 1.82) is 0 Å². The van der Waals surface area contributed by atoms with Crippen molar-refractivity contribution in [3.8, 4) is 0 Å². The van der Waals surface area contributed by atoms with Crippen LogP contribution in [0, 0.1) is 0 Å². The van der Waals surface area contributed by atoms with Gasteiger partial charge >= 0.3 is 0 Å². The second-order valence-corrected chi connectivity index (χ2v) is 7.70. The van der Waals surface area contributed by atoms with Crippen LogP contribution in [0.15, 0.2) is 41.8 Å². The number of benzene rings is 1. The van der Waals surface area contributed by atoms with E-state index in [1.54, 1.807) is 18.2 Å². The van der Waals surface area contributed by atoms with E-state index in [0.29, 0.717) is 28.2 Å². The number of amides is 2. The number of halogens is 1. The van der Waals surface area contributed by atoms with Crippen molar-refractivity contribution in [2.75, 3.05) is 5.32 Å². The number of hydrogen-bond donors (Lipinski definition) is 3. The smallest absolute Gasteiger partial charge is 0.265 e. The molecule has 1 aromatic carbocycles. The van der Waals surface area contributed by atoms with Gasteiger partial charge in [0.15, 0.2) is 0 Å². The van der Waals surface area contributed by atoms with Gasteiger partial charge in [-0.3, -0.25) is 9.59 Å². The number of fused-ring (bicyclic) bond motifs is 2. The summed E-state index contributed by atoms with van der Waals surface area (Å²) in [6, 6.07) is 12.0. The topological polar surface area (TPSA) is 70.2 Å². The standard InChI is InChI=1S/C19H21N3O2S.ClH/c23-18(21-14-10-12-7-8-13(11-14)20-12)15-4-1-2-5-16(15)22-19(24)17-6-3-9-25-17;/h1-6,9,12-14,20H,7-8,10-11H2,(H,21,23)(H,22,24);1H. The fraction of sp³-hybridized carbons (Fsp3) is 0.368. The SMILES string of the molecule is Cl.O=C(Nc1ccccc1C(=O)NC1CC2CCC(C1)N2)c1cccs1. The van der Waals surface area contributed by atoms with Gasteiger partial charge in [-0.25, -0.2) is 0 Å². The molecule has 0 saturated carbocycles. The first-order valence-electron chi connectivity index (χ1n) is 8.70. The third-order valence-corrected chi connectivity index (χ3v) is 5.84. The lowest BCUT2D eigenvalue weighted by Gasteiger charge is -2.29. The Morgan fingerprint density at radius 1 is 1.00 bits per heavy atom. The van der Waals surface area contributed by atoms with Crippen LogP contribution in [0.2, 0.25) is 0 Å². The van der Waals surface area contributed by atoms with Crippen LogP contribution in [0.4, 0.5) is 5.69 Å². The largest absolute Gasteiger partial charge is 0.349 e. The number of rotatable bonds is 4. The number of anilines is 1. The predicted molar refractivity (Wildman–Crippen MR) is 106 cm³/mol. The second kappa shape index (κ2) is 8.20. The van der Waals surface area contributed by atoms with E-state index in [4.69, 9.17) is 0 Å². The number of hydrogen-bond acceptors (Lipinski definition) is 4. The van der Waals surface area contributed by atoms with E-state index in [1.807, 2.05) is 23.6 Å². The molecule has 26 heavy (non-hydrogen) atoms. The van der Waals surface area contributed by atoms with Crippen molar-refractivity contribution in [2.24, 2.45) is 0 Å². The molecule has 3 N–H and O–H groups in total. The molecule has 3 heterocycles. The molecule has 138 valence electrons. The lowest BCUT2D eigenvalue weighted by atomic mass is 9.99. The lowest BCUT2D eigenvalue weighted by molar-refractivity contribution is 0.0925. The maximum atomic E-state index is 12.8. The van der Waals surface area contributed by atoms with Gasteiger partial charge in [-0.2, -0.15) is 0 Å². The molecule has 0 spiro atoms. The molecule has 2 aromatic rings.